The van der Waals surface area contributed by atoms with Gasteiger partial charge in [0.25, 0.3) is 0 Å². The summed E-state index contributed by atoms with van der Waals surface area (Å²) in [6.07, 6.45) is 2.95. The Morgan fingerprint density at radius 3 is 2.65 bits per heavy atom. The molecule has 4 heteroatoms. The van der Waals surface area contributed by atoms with Crippen molar-refractivity contribution in [2.24, 2.45) is 0 Å². The molecule has 1 saturated heterocycles. The number of hydrogen-bond acceptors (Lipinski definition) is 4. The zero-order valence-electron chi connectivity index (χ0n) is 12.7. The van der Waals surface area contributed by atoms with Crippen LogP contribution < -0.4 is 15.5 Å². The number of benzene rings is 1. The van der Waals surface area contributed by atoms with Crippen LogP contribution in [0.3, 0.4) is 0 Å². The first kappa shape index (κ1) is 15.3. The van der Waals surface area contributed by atoms with Gasteiger partial charge in [-0.3, -0.25) is 0 Å². The van der Waals surface area contributed by atoms with Crippen LogP contribution in [-0.4, -0.2) is 51.0 Å². The molecule has 1 atom stereocenters. The zero-order valence-corrected chi connectivity index (χ0v) is 12.7. The molecule has 20 heavy (non-hydrogen) atoms. The van der Waals surface area contributed by atoms with Crippen molar-refractivity contribution in [1.29, 1.82) is 0 Å². The summed E-state index contributed by atoms with van der Waals surface area (Å²) in [6.45, 7) is 3.32. The van der Waals surface area contributed by atoms with Gasteiger partial charge in [-0.05, 0) is 50.0 Å². The highest BCUT2D eigenvalue weighted by atomic mass is 16.3. The minimum absolute atomic E-state index is 0.562. The fourth-order valence-electron chi connectivity index (χ4n) is 2.62. The van der Waals surface area contributed by atoms with E-state index in [2.05, 4.69) is 53.9 Å². The Bertz CT molecular complexity index is 397. The number of piperidine rings is 1. The molecule has 112 valence electrons. The summed E-state index contributed by atoms with van der Waals surface area (Å²) in [5.41, 5.74) is 1.99. The third kappa shape index (κ3) is 4.47. The van der Waals surface area contributed by atoms with Crippen molar-refractivity contribution in [2.75, 3.05) is 45.2 Å². The summed E-state index contributed by atoms with van der Waals surface area (Å²) < 4.78 is 0. The molecule has 1 fully saturated rings. The molecule has 4 nitrogen and oxygen atoms in total. The van der Waals surface area contributed by atoms with Gasteiger partial charge in [0.2, 0.25) is 0 Å². The normalized spacial score (nSPS) is 22.8. The van der Waals surface area contributed by atoms with Crippen molar-refractivity contribution < 1.29 is 5.11 Å². The topological polar surface area (TPSA) is 47.5 Å². The lowest BCUT2D eigenvalue weighted by Gasteiger charge is -2.32. The predicted molar refractivity (Wildman–Crippen MR) is 84.4 cm³/mol. The fraction of sp³-hybridized carbons (Fsp3) is 0.625. The molecule has 1 aromatic rings. The summed E-state index contributed by atoms with van der Waals surface area (Å²) in [5.74, 6) is 0. The molecule has 2 rings (SSSR count). The van der Waals surface area contributed by atoms with Gasteiger partial charge in [0.05, 0.1) is 5.60 Å². The fourth-order valence-corrected chi connectivity index (χ4v) is 2.62. The lowest BCUT2D eigenvalue weighted by atomic mass is 9.94. The van der Waals surface area contributed by atoms with Crippen LogP contribution >= 0.6 is 0 Å². The zero-order chi connectivity index (χ0) is 14.4. The Labute approximate surface area is 122 Å². The number of nitrogens with zero attached hydrogens (tertiary/aromatic N) is 1. The Morgan fingerprint density at radius 2 is 2.05 bits per heavy atom. The maximum absolute atomic E-state index is 10.3. The van der Waals surface area contributed by atoms with Gasteiger partial charge in [0, 0.05) is 32.9 Å². The van der Waals surface area contributed by atoms with E-state index in [1.807, 2.05) is 0 Å². The molecule has 0 radical (unpaired) electrons. The second-order valence-corrected chi connectivity index (χ2v) is 5.99. The van der Waals surface area contributed by atoms with Gasteiger partial charge in [0.1, 0.15) is 0 Å². The highest BCUT2D eigenvalue weighted by Gasteiger charge is 2.28. The maximum atomic E-state index is 10.3. The van der Waals surface area contributed by atoms with Gasteiger partial charge in [-0.15, -0.1) is 0 Å². The van der Waals surface area contributed by atoms with Gasteiger partial charge in [-0.2, -0.15) is 0 Å². The van der Waals surface area contributed by atoms with Crippen LogP contribution in [0.5, 0.6) is 0 Å². The molecule has 1 heterocycles. The summed E-state index contributed by atoms with van der Waals surface area (Å²) in [5, 5.41) is 17.0. The minimum Gasteiger partial charge on any atom is -0.387 e. The highest BCUT2D eigenvalue weighted by Crippen LogP contribution is 2.15. The molecule has 0 aliphatic carbocycles. The quantitative estimate of drug-likeness (QED) is 0.679. The molecule has 1 aliphatic heterocycles. The number of aliphatic hydroxyl groups is 1. The average molecular weight is 277 g/mol. The molecular formula is C16H27N3O. The van der Waals surface area contributed by atoms with E-state index < -0.39 is 5.60 Å². The van der Waals surface area contributed by atoms with E-state index >= 15 is 0 Å². The second kappa shape index (κ2) is 7.07. The highest BCUT2D eigenvalue weighted by molar-refractivity contribution is 5.46. The van der Waals surface area contributed by atoms with Crippen LogP contribution in [0, 0.1) is 0 Å². The molecule has 0 aromatic heterocycles. The summed E-state index contributed by atoms with van der Waals surface area (Å²) in [7, 11) is 4.10. The summed E-state index contributed by atoms with van der Waals surface area (Å²) in [4.78, 5) is 2.10. The van der Waals surface area contributed by atoms with E-state index in [1.165, 1.54) is 11.3 Å². The number of β-amino-alcohol motifs (C(OH)–C–C–N with tert-alkyl or cyclic N) is 1. The first-order valence-electron chi connectivity index (χ1n) is 7.49. The number of nitrogens with one attached hydrogen (secondary N) is 2. The van der Waals surface area contributed by atoms with Crippen LogP contribution in [0.2, 0.25) is 0 Å². The maximum Gasteiger partial charge on any atom is 0.0895 e. The monoisotopic (exact) mass is 277 g/mol. The molecule has 0 saturated carbocycles. The third-order valence-corrected chi connectivity index (χ3v) is 3.95. The summed E-state index contributed by atoms with van der Waals surface area (Å²) >= 11 is 0. The predicted octanol–water partition coefficient (Wildman–Crippen LogP) is 0.999. The van der Waals surface area contributed by atoms with Gasteiger partial charge in [-0.1, -0.05) is 12.1 Å². The van der Waals surface area contributed by atoms with E-state index in [1.54, 1.807) is 0 Å². The molecule has 0 unspecified atom stereocenters. The molecule has 1 aromatic carbocycles. The van der Waals surface area contributed by atoms with Crippen LogP contribution in [0.15, 0.2) is 24.3 Å². The van der Waals surface area contributed by atoms with Crippen molar-refractivity contribution >= 4 is 5.69 Å². The largest absolute Gasteiger partial charge is 0.387 e. The van der Waals surface area contributed by atoms with Gasteiger partial charge < -0.3 is 20.6 Å². The van der Waals surface area contributed by atoms with Crippen molar-refractivity contribution in [1.82, 2.24) is 10.6 Å². The number of hydrogen-bond donors (Lipinski definition) is 3. The van der Waals surface area contributed by atoms with E-state index in [-0.39, 0.29) is 0 Å². The lowest BCUT2D eigenvalue weighted by molar-refractivity contribution is 0.0174. The van der Waals surface area contributed by atoms with Gasteiger partial charge in [0.15, 0.2) is 0 Å². The van der Waals surface area contributed by atoms with Crippen molar-refractivity contribution in [3.05, 3.63) is 29.8 Å². The Morgan fingerprint density at radius 1 is 1.30 bits per heavy atom. The van der Waals surface area contributed by atoms with Crippen LogP contribution in [0.1, 0.15) is 18.4 Å². The second-order valence-electron chi connectivity index (χ2n) is 5.99. The SMILES string of the molecule is CN(C)c1ccc(CCNC[C@@]2(O)CCCNC2)cc1. The number of rotatable bonds is 6. The lowest BCUT2D eigenvalue weighted by Crippen LogP contribution is -2.52. The van der Waals surface area contributed by atoms with Crippen molar-refractivity contribution in [3.63, 3.8) is 0 Å². The third-order valence-electron chi connectivity index (χ3n) is 3.95. The van der Waals surface area contributed by atoms with E-state index in [4.69, 9.17) is 0 Å². The first-order valence-corrected chi connectivity index (χ1v) is 7.49. The van der Waals surface area contributed by atoms with E-state index in [0.29, 0.717) is 13.1 Å². The van der Waals surface area contributed by atoms with E-state index in [9.17, 15) is 5.11 Å². The molecular weight excluding hydrogens is 250 g/mol. The Kier molecular flexibility index (Phi) is 5.40. The van der Waals surface area contributed by atoms with E-state index in [0.717, 1.165) is 32.4 Å². The van der Waals surface area contributed by atoms with Crippen molar-refractivity contribution in [3.8, 4) is 0 Å². The van der Waals surface area contributed by atoms with Crippen LogP contribution in [0.4, 0.5) is 5.69 Å². The Hall–Kier alpha value is -1.10. The summed E-state index contributed by atoms with van der Waals surface area (Å²) in [6, 6.07) is 8.64. The smallest absolute Gasteiger partial charge is 0.0895 e. The van der Waals surface area contributed by atoms with Crippen molar-refractivity contribution in [2.45, 2.75) is 24.9 Å². The number of anilines is 1. The standard InChI is InChI=1S/C16H27N3O/c1-19(2)15-6-4-14(5-7-15)8-11-18-13-16(20)9-3-10-17-12-16/h4-7,17-18,20H,3,8-13H2,1-2H3/t16-/m1/s1. The molecule has 3 N–H and O–H groups in total. The molecule has 0 bridgehead atoms. The Balaban J connectivity index is 1.70. The average Bonchev–Trinajstić information content (AvgIpc) is 2.45. The molecule has 1 aliphatic rings. The molecule has 0 spiro atoms. The minimum atomic E-state index is -0.562. The van der Waals surface area contributed by atoms with Crippen LogP contribution in [-0.2, 0) is 6.42 Å². The van der Waals surface area contributed by atoms with Crippen LogP contribution in [0.25, 0.3) is 0 Å². The van der Waals surface area contributed by atoms with Gasteiger partial charge in [-0.25, -0.2) is 0 Å². The van der Waals surface area contributed by atoms with Gasteiger partial charge >= 0.3 is 0 Å². The first-order chi connectivity index (χ1) is 9.59. The molecule has 0 amide bonds.